The zero-order valence-corrected chi connectivity index (χ0v) is 14.3. The van der Waals surface area contributed by atoms with E-state index >= 15 is 0 Å². The van der Waals surface area contributed by atoms with E-state index in [9.17, 15) is 4.79 Å². The Morgan fingerprint density at radius 1 is 1.04 bits per heavy atom. The van der Waals surface area contributed by atoms with Gasteiger partial charge in [-0.1, -0.05) is 50.2 Å². The molecule has 0 aromatic heterocycles. The summed E-state index contributed by atoms with van der Waals surface area (Å²) in [6.45, 7) is 7.95. The molecule has 0 aliphatic rings. The molecular formula is C20H25NO2. The van der Waals surface area contributed by atoms with Crippen LogP contribution in [0.4, 0.5) is 5.69 Å². The lowest BCUT2D eigenvalue weighted by molar-refractivity contribution is -0.122. The summed E-state index contributed by atoms with van der Waals surface area (Å²) in [5.41, 5.74) is 4.22. The summed E-state index contributed by atoms with van der Waals surface area (Å²) in [5.74, 6) is 0.651. The first-order valence-electron chi connectivity index (χ1n) is 8.20. The van der Waals surface area contributed by atoms with Gasteiger partial charge in [-0.3, -0.25) is 4.79 Å². The van der Waals surface area contributed by atoms with E-state index in [0.717, 1.165) is 41.0 Å². The molecule has 0 radical (unpaired) electrons. The van der Waals surface area contributed by atoms with Crippen LogP contribution in [-0.4, -0.2) is 12.0 Å². The second-order valence-corrected chi connectivity index (χ2v) is 5.67. The topological polar surface area (TPSA) is 38.3 Å². The number of hydrogen-bond acceptors (Lipinski definition) is 2. The van der Waals surface area contributed by atoms with Gasteiger partial charge in [0.25, 0.3) is 5.91 Å². The Bertz CT molecular complexity index is 679. The maximum absolute atomic E-state index is 12.5. The second-order valence-electron chi connectivity index (χ2n) is 5.67. The van der Waals surface area contributed by atoms with Gasteiger partial charge in [0, 0.05) is 5.69 Å². The van der Waals surface area contributed by atoms with Crippen LogP contribution in [0.25, 0.3) is 0 Å². The van der Waals surface area contributed by atoms with Crippen LogP contribution in [0.15, 0.2) is 42.5 Å². The minimum Gasteiger partial charge on any atom is -0.481 e. The van der Waals surface area contributed by atoms with Crippen LogP contribution < -0.4 is 10.1 Å². The van der Waals surface area contributed by atoms with Gasteiger partial charge in [0.1, 0.15) is 5.75 Å². The molecule has 2 rings (SSSR count). The van der Waals surface area contributed by atoms with E-state index in [2.05, 4.69) is 19.2 Å². The van der Waals surface area contributed by atoms with Crippen LogP contribution in [0.5, 0.6) is 5.75 Å². The predicted octanol–water partition coefficient (Wildman–Crippen LogP) is 4.53. The quantitative estimate of drug-likeness (QED) is 0.851. The maximum atomic E-state index is 12.5. The highest BCUT2D eigenvalue weighted by molar-refractivity contribution is 5.95. The van der Waals surface area contributed by atoms with Gasteiger partial charge in [0.2, 0.25) is 0 Å². The highest BCUT2D eigenvalue weighted by atomic mass is 16.5. The number of rotatable bonds is 6. The summed E-state index contributed by atoms with van der Waals surface area (Å²) in [6, 6.07) is 13.9. The average Bonchev–Trinajstić information content (AvgIpc) is 2.57. The van der Waals surface area contributed by atoms with E-state index in [0.29, 0.717) is 0 Å². The van der Waals surface area contributed by atoms with Crippen LogP contribution >= 0.6 is 0 Å². The maximum Gasteiger partial charge on any atom is 0.265 e. The molecule has 1 amide bonds. The van der Waals surface area contributed by atoms with Crippen molar-refractivity contribution in [2.75, 3.05) is 5.32 Å². The molecule has 23 heavy (non-hydrogen) atoms. The van der Waals surface area contributed by atoms with Gasteiger partial charge < -0.3 is 10.1 Å². The van der Waals surface area contributed by atoms with Crippen molar-refractivity contribution in [1.29, 1.82) is 0 Å². The van der Waals surface area contributed by atoms with Crippen molar-refractivity contribution < 1.29 is 9.53 Å². The van der Waals surface area contributed by atoms with E-state index in [-0.39, 0.29) is 5.91 Å². The molecule has 122 valence electrons. The monoisotopic (exact) mass is 311 g/mol. The normalized spacial score (nSPS) is 11.8. The third kappa shape index (κ3) is 4.13. The number of amides is 1. The Morgan fingerprint density at radius 2 is 1.70 bits per heavy atom. The molecule has 0 unspecified atom stereocenters. The zero-order chi connectivity index (χ0) is 16.8. The molecule has 3 heteroatoms. The highest BCUT2D eigenvalue weighted by Gasteiger charge is 2.18. The van der Waals surface area contributed by atoms with Crippen molar-refractivity contribution >= 4 is 11.6 Å². The standard InChI is InChI=1S/C20H25NO2/c1-5-16-11-7-8-13-18(16)23-15(4)20(22)21-19-14(3)10-9-12-17(19)6-2/h7-13,15H,5-6H2,1-4H3,(H,21,22)/t15-/m1/s1. The van der Waals surface area contributed by atoms with E-state index in [1.165, 1.54) is 0 Å². The number of hydrogen-bond donors (Lipinski definition) is 1. The van der Waals surface area contributed by atoms with Crippen molar-refractivity contribution in [2.24, 2.45) is 0 Å². The molecule has 2 aromatic carbocycles. The molecule has 0 bridgehead atoms. The first-order chi connectivity index (χ1) is 11.1. The van der Waals surface area contributed by atoms with E-state index < -0.39 is 6.10 Å². The average molecular weight is 311 g/mol. The highest BCUT2D eigenvalue weighted by Crippen LogP contribution is 2.23. The molecule has 0 aliphatic heterocycles. The lowest BCUT2D eigenvalue weighted by atomic mass is 10.1. The molecule has 3 nitrogen and oxygen atoms in total. The molecule has 1 atom stereocenters. The number of aryl methyl sites for hydroxylation is 3. The molecule has 0 saturated heterocycles. The fourth-order valence-electron chi connectivity index (χ4n) is 2.58. The summed E-state index contributed by atoms with van der Waals surface area (Å²) in [6.07, 6.45) is 1.21. The Hall–Kier alpha value is -2.29. The van der Waals surface area contributed by atoms with Gasteiger partial charge in [0.05, 0.1) is 0 Å². The van der Waals surface area contributed by atoms with Crippen LogP contribution in [0, 0.1) is 6.92 Å². The zero-order valence-electron chi connectivity index (χ0n) is 14.3. The number of ether oxygens (including phenoxy) is 1. The summed E-state index contributed by atoms with van der Waals surface area (Å²) >= 11 is 0. The number of nitrogens with one attached hydrogen (secondary N) is 1. The number of para-hydroxylation sites is 2. The van der Waals surface area contributed by atoms with Gasteiger partial charge in [-0.05, 0) is 49.4 Å². The molecule has 0 aliphatic carbocycles. The Labute approximate surface area is 138 Å². The molecule has 0 heterocycles. The first kappa shape index (κ1) is 17.1. The van der Waals surface area contributed by atoms with Gasteiger partial charge in [0.15, 0.2) is 6.10 Å². The Morgan fingerprint density at radius 3 is 2.39 bits per heavy atom. The second kappa shape index (κ2) is 7.82. The molecule has 1 N–H and O–H groups in total. The third-order valence-corrected chi connectivity index (χ3v) is 4.01. The van der Waals surface area contributed by atoms with Crippen LogP contribution in [0.1, 0.15) is 37.5 Å². The first-order valence-corrected chi connectivity index (χ1v) is 8.20. The van der Waals surface area contributed by atoms with E-state index in [1.807, 2.05) is 49.4 Å². The molecule has 0 saturated carbocycles. The third-order valence-electron chi connectivity index (χ3n) is 4.01. The van der Waals surface area contributed by atoms with Crippen LogP contribution in [0.2, 0.25) is 0 Å². The van der Waals surface area contributed by atoms with Crippen molar-refractivity contribution in [3.05, 3.63) is 59.2 Å². The van der Waals surface area contributed by atoms with Crippen molar-refractivity contribution in [3.63, 3.8) is 0 Å². The van der Waals surface area contributed by atoms with Crippen molar-refractivity contribution in [3.8, 4) is 5.75 Å². The van der Waals surface area contributed by atoms with Gasteiger partial charge in [-0.25, -0.2) is 0 Å². The summed E-state index contributed by atoms with van der Waals surface area (Å²) in [4.78, 5) is 12.5. The number of carbonyl (C=O) groups is 1. The predicted molar refractivity (Wildman–Crippen MR) is 95.1 cm³/mol. The smallest absolute Gasteiger partial charge is 0.265 e. The fourth-order valence-corrected chi connectivity index (χ4v) is 2.58. The number of benzene rings is 2. The lowest BCUT2D eigenvalue weighted by Gasteiger charge is -2.19. The molecule has 0 spiro atoms. The van der Waals surface area contributed by atoms with Gasteiger partial charge in [-0.15, -0.1) is 0 Å². The summed E-state index contributed by atoms with van der Waals surface area (Å²) < 4.78 is 5.87. The summed E-state index contributed by atoms with van der Waals surface area (Å²) in [7, 11) is 0. The lowest BCUT2D eigenvalue weighted by Crippen LogP contribution is -2.31. The number of anilines is 1. The van der Waals surface area contributed by atoms with Crippen LogP contribution in [0.3, 0.4) is 0 Å². The molecule has 2 aromatic rings. The fraction of sp³-hybridized carbons (Fsp3) is 0.350. The Kier molecular flexibility index (Phi) is 5.80. The van der Waals surface area contributed by atoms with Crippen LogP contribution in [-0.2, 0) is 17.6 Å². The van der Waals surface area contributed by atoms with Crippen molar-refractivity contribution in [1.82, 2.24) is 0 Å². The summed E-state index contributed by atoms with van der Waals surface area (Å²) in [5, 5.41) is 3.02. The molecular weight excluding hydrogens is 286 g/mol. The Balaban J connectivity index is 2.12. The van der Waals surface area contributed by atoms with E-state index in [1.54, 1.807) is 6.92 Å². The molecule has 0 fully saturated rings. The van der Waals surface area contributed by atoms with Crippen molar-refractivity contribution in [2.45, 2.75) is 46.6 Å². The SMILES string of the molecule is CCc1ccccc1O[C@H](C)C(=O)Nc1c(C)cccc1CC. The van der Waals surface area contributed by atoms with Gasteiger partial charge >= 0.3 is 0 Å². The minimum absolute atomic E-state index is 0.125. The number of carbonyl (C=O) groups excluding carboxylic acids is 1. The van der Waals surface area contributed by atoms with Gasteiger partial charge in [-0.2, -0.15) is 0 Å². The minimum atomic E-state index is -0.549. The largest absolute Gasteiger partial charge is 0.481 e. The van der Waals surface area contributed by atoms with E-state index in [4.69, 9.17) is 4.74 Å².